The molecule has 5 nitrogen and oxygen atoms in total. The van der Waals surface area contributed by atoms with Crippen LogP contribution >= 0.6 is 0 Å². The van der Waals surface area contributed by atoms with Gasteiger partial charge < -0.3 is 15.4 Å². The van der Waals surface area contributed by atoms with E-state index in [1.807, 2.05) is 27.7 Å². The molecule has 0 aromatic heterocycles. The molecule has 0 aromatic carbocycles. The van der Waals surface area contributed by atoms with Crippen LogP contribution in [0.5, 0.6) is 0 Å². The molecule has 1 atom stereocenters. The number of rotatable bonds is 8. The van der Waals surface area contributed by atoms with Gasteiger partial charge in [0.15, 0.2) is 0 Å². The Bertz CT molecular complexity index is 298. The summed E-state index contributed by atoms with van der Waals surface area (Å²) in [6.45, 7) is 10.6. The highest BCUT2D eigenvalue weighted by molar-refractivity contribution is 5.78. The predicted octanol–water partition coefficient (Wildman–Crippen LogP) is 2.84. The third kappa shape index (κ3) is 10.6. The predicted molar refractivity (Wildman–Crippen MR) is 80.6 cm³/mol. The number of ether oxygens (including phenoxy) is 1. The lowest BCUT2D eigenvalue weighted by Gasteiger charge is -2.19. The number of unbranched alkanes of at least 4 members (excludes halogenated alkanes) is 1. The van der Waals surface area contributed by atoms with E-state index >= 15 is 0 Å². The van der Waals surface area contributed by atoms with Crippen LogP contribution < -0.4 is 10.6 Å². The maximum Gasteiger partial charge on any atom is 0.407 e. The maximum atomic E-state index is 11.7. The highest BCUT2D eigenvalue weighted by atomic mass is 16.6. The monoisotopic (exact) mass is 286 g/mol. The van der Waals surface area contributed by atoms with Crippen LogP contribution in [0.3, 0.4) is 0 Å². The molecule has 0 aromatic rings. The van der Waals surface area contributed by atoms with Gasteiger partial charge in [0, 0.05) is 19.0 Å². The van der Waals surface area contributed by atoms with Gasteiger partial charge in [-0.15, -0.1) is 0 Å². The van der Waals surface area contributed by atoms with Crippen molar-refractivity contribution in [2.75, 3.05) is 13.1 Å². The summed E-state index contributed by atoms with van der Waals surface area (Å²) in [6.07, 6.45) is 3.40. The van der Waals surface area contributed by atoms with Crippen LogP contribution in [-0.4, -0.2) is 30.7 Å². The van der Waals surface area contributed by atoms with Gasteiger partial charge in [0.05, 0.1) is 0 Å². The fourth-order valence-corrected chi connectivity index (χ4v) is 1.62. The van der Waals surface area contributed by atoms with Crippen molar-refractivity contribution in [1.29, 1.82) is 0 Å². The first-order valence-corrected chi connectivity index (χ1v) is 7.50. The van der Waals surface area contributed by atoms with Crippen LogP contribution in [0.1, 0.15) is 60.3 Å². The van der Waals surface area contributed by atoms with E-state index in [-0.39, 0.29) is 11.8 Å². The van der Waals surface area contributed by atoms with E-state index in [1.54, 1.807) is 0 Å². The zero-order valence-electron chi connectivity index (χ0n) is 13.5. The third-order valence-corrected chi connectivity index (χ3v) is 2.76. The van der Waals surface area contributed by atoms with E-state index in [4.69, 9.17) is 4.74 Å². The number of alkyl carbamates (subject to hydrolysis) is 1. The second-order valence-corrected chi connectivity index (χ2v) is 6.12. The maximum absolute atomic E-state index is 11.7. The Morgan fingerprint density at radius 2 is 1.70 bits per heavy atom. The molecular formula is C15H30N2O3. The lowest BCUT2D eigenvalue weighted by molar-refractivity contribution is -0.124. The lowest BCUT2D eigenvalue weighted by atomic mass is 10.0. The van der Waals surface area contributed by atoms with Crippen molar-refractivity contribution in [3.63, 3.8) is 0 Å². The van der Waals surface area contributed by atoms with Gasteiger partial charge >= 0.3 is 6.09 Å². The summed E-state index contributed by atoms with van der Waals surface area (Å²) in [5.74, 6) is 0.157. The van der Waals surface area contributed by atoms with Crippen LogP contribution in [-0.2, 0) is 9.53 Å². The minimum absolute atomic E-state index is 0.0637. The van der Waals surface area contributed by atoms with Gasteiger partial charge in [-0.3, -0.25) is 4.79 Å². The van der Waals surface area contributed by atoms with Crippen LogP contribution in [0.4, 0.5) is 4.79 Å². The molecule has 2 N–H and O–H groups in total. The standard InChI is InChI=1S/C15H30N2O3/c1-6-7-9-12(2)13(18)16-10-8-11-17-14(19)20-15(3,4)5/h12H,6-11H2,1-5H3,(H,16,18)(H,17,19)/t12-/m0/s1. The molecule has 5 heteroatoms. The fraction of sp³-hybridized carbons (Fsp3) is 0.867. The Morgan fingerprint density at radius 3 is 2.25 bits per heavy atom. The van der Waals surface area contributed by atoms with Crippen molar-refractivity contribution in [3.05, 3.63) is 0 Å². The average molecular weight is 286 g/mol. The van der Waals surface area contributed by atoms with Crippen molar-refractivity contribution in [2.24, 2.45) is 5.92 Å². The molecule has 0 heterocycles. The van der Waals surface area contributed by atoms with Gasteiger partial charge in [-0.1, -0.05) is 26.7 Å². The van der Waals surface area contributed by atoms with E-state index in [1.165, 1.54) is 0 Å². The molecule has 0 unspecified atom stereocenters. The topological polar surface area (TPSA) is 67.4 Å². The number of nitrogens with one attached hydrogen (secondary N) is 2. The average Bonchev–Trinajstić information content (AvgIpc) is 2.32. The van der Waals surface area contributed by atoms with Crippen molar-refractivity contribution in [3.8, 4) is 0 Å². The molecule has 0 aliphatic carbocycles. The largest absolute Gasteiger partial charge is 0.444 e. The summed E-state index contributed by atoms with van der Waals surface area (Å²) < 4.78 is 5.11. The Kier molecular flexibility index (Phi) is 9.01. The van der Waals surface area contributed by atoms with Crippen LogP contribution in [0.2, 0.25) is 0 Å². The Morgan fingerprint density at radius 1 is 1.10 bits per heavy atom. The summed E-state index contributed by atoms with van der Waals surface area (Å²) in [4.78, 5) is 23.1. The van der Waals surface area contributed by atoms with Crippen LogP contribution in [0.15, 0.2) is 0 Å². The minimum atomic E-state index is -0.479. The normalized spacial score (nSPS) is 12.7. The molecule has 0 aliphatic rings. The van der Waals surface area contributed by atoms with E-state index in [0.29, 0.717) is 19.5 Å². The van der Waals surface area contributed by atoms with Crippen molar-refractivity contribution < 1.29 is 14.3 Å². The van der Waals surface area contributed by atoms with Gasteiger partial charge in [-0.2, -0.15) is 0 Å². The smallest absolute Gasteiger partial charge is 0.407 e. The summed E-state index contributed by atoms with van der Waals surface area (Å²) in [6, 6.07) is 0. The van der Waals surface area contributed by atoms with Crippen molar-refractivity contribution >= 4 is 12.0 Å². The van der Waals surface area contributed by atoms with Crippen molar-refractivity contribution in [2.45, 2.75) is 65.9 Å². The highest BCUT2D eigenvalue weighted by Crippen LogP contribution is 2.07. The van der Waals surface area contributed by atoms with E-state index in [2.05, 4.69) is 17.6 Å². The molecule has 118 valence electrons. The highest BCUT2D eigenvalue weighted by Gasteiger charge is 2.15. The molecule has 0 bridgehead atoms. The zero-order chi connectivity index (χ0) is 15.6. The molecule has 0 radical (unpaired) electrons. The summed E-state index contributed by atoms with van der Waals surface area (Å²) in [5.41, 5.74) is -0.479. The molecule has 0 rings (SSSR count). The first-order valence-electron chi connectivity index (χ1n) is 7.50. The fourth-order valence-electron chi connectivity index (χ4n) is 1.62. The molecule has 2 amide bonds. The number of hydrogen-bond acceptors (Lipinski definition) is 3. The second kappa shape index (κ2) is 9.61. The Hall–Kier alpha value is -1.26. The Balaban J connectivity index is 3.61. The third-order valence-electron chi connectivity index (χ3n) is 2.76. The SMILES string of the molecule is CCCC[C@H](C)C(=O)NCCCNC(=O)OC(C)(C)C. The molecule has 0 spiro atoms. The summed E-state index contributed by atoms with van der Waals surface area (Å²) in [5, 5.41) is 5.55. The van der Waals surface area contributed by atoms with Crippen LogP contribution in [0.25, 0.3) is 0 Å². The molecular weight excluding hydrogens is 256 g/mol. The number of amides is 2. The quantitative estimate of drug-likeness (QED) is 0.674. The van der Waals surface area contributed by atoms with Gasteiger partial charge in [0.2, 0.25) is 5.91 Å². The summed E-state index contributed by atoms with van der Waals surface area (Å²) >= 11 is 0. The van der Waals surface area contributed by atoms with Crippen molar-refractivity contribution in [1.82, 2.24) is 10.6 Å². The first kappa shape index (κ1) is 18.7. The zero-order valence-corrected chi connectivity index (χ0v) is 13.5. The van der Waals surface area contributed by atoms with E-state index < -0.39 is 11.7 Å². The minimum Gasteiger partial charge on any atom is -0.444 e. The van der Waals surface area contributed by atoms with Gasteiger partial charge in [-0.25, -0.2) is 4.79 Å². The molecule has 0 saturated heterocycles. The Labute approximate surface area is 122 Å². The van der Waals surface area contributed by atoms with E-state index in [0.717, 1.165) is 19.3 Å². The van der Waals surface area contributed by atoms with Gasteiger partial charge in [0.25, 0.3) is 0 Å². The second-order valence-electron chi connectivity index (χ2n) is 6.12. The summed E-state index contributed by atoms with van der Waals surface area (Å²) in [7, 11) is 0. The van der Waals surface area contributed by atoms with E-state index in [9.17, 15) is 9.59 Å². The molecule has 0 saturated carbocycles. The molecule has 20 heavy (non-hydrogen) atoms. The first-order chi connectivity index (χ1) is 9.26. The van der Waals surface area contributed by atoms with Crippen LogP contribution in [0, 0.1) is 5.92 Å². The lowest BCUT2D eigenvalue weighted by Crippen LogP contribution is -2.35. The molecule has 0 fully saturated rings. The number of carbonyl (C=O) groups is 2. The number of hydrogen-bond donors (Lipinski definition) is 2. The van der Waals surface area contributed by atoms with Gasteiger partial charge in [0.1, 0.15) is 5.60 Å². The molecule has 0 aliphatic heterocycles. The van der Waals surface area contributed by atoms with Gasteiger partial charge in [-0.05, 0) is 33.6 Å². The number of carbonyl (C=O) groups excluding carboxylic acids is 2.